The van der Waals surface area contributed by atoms with Gasteiger partial charge in [0.25, 0.3) is 0 Å². The average Bonchev–Trinajstić information content (AvgIpc) is 2.47. The van der Waals surface area contributed by atoms with E-state index in [1.807, 2.05) is 11.3 Å². The van der Waals surface area contributed by atoms with Crippen molar-refractivity contribution in [2.75, 3.05) is 6.54 Å². The lowest BCUT2D eigenvalue weighted by Crippen LogP contribution is -2.42. The van der Waals surface area contributed by atoms with E-state index in [-0.39, 0.29) is 0 Å². The first-order valence-corrected chi connectivity index (χ1v) is 6.11. The summed E-state index contributed by atoms with van der Waals surface area (Å²) in [5.41, 5.74) is 1.61. The summed E-state index contributed by atoms with van der Waals surface area (Å²) in [5.74, 6) is 0. The normalized spacial score (nSPS) is 24.0. The molecule has 2 heterocycles. The van der Waals surface area contributed by atoms with Gasteiger partial charge >= 0.3 is 0 Å². The first-order valence-electron chi connectivity index (χ1n) is 5.23. The smallest absolute Gasteiger partial charge is 0.0333 e. The Hall–Kier alpha value is -0.340. The summed E-state index contributed by atoms with van der Waals surface area (Å²) >= 11 is 1.94. The van der Waals surface area contributed by atoms with Gasteiger partial charge in [-0.2, -0.15) is 0 Å². The maximum absolute atomic E-state index is 2.68. The summed E-state index contributed by atoms with van der Waals surface area (Å²) in [5, 5.41) is 2.24. The van der Waals surface area contributed by atoms with Crippen LogP contribution < -0.4 is 0 Å². The molecule has 0 atom stereocenters. The first kappa shape index (κ1) is 8.01. The molecule has 1 aliphatic heterocycles. The summed E-state index contributed by atoms with van der Waals surface area (Å²) in [6.45, 7) is 2.53. The van der Waals surface area contributed by atoms with Crippen molar-refractivity contribution in [2.24, 2.45) is 0 Å². The molecule has 0 aromatic carbocycles. The molecule has 0 N–H and O–H groups in total. The highest BCUT2D eigenvalue weighted by Gasteiger charge is 2.27. The second kappa shape index (κ2) is 3.10. The zero-order valence-corrected chi connectivity index (χ0v) is 8.65. The minimum Gasteiger partial charge on any atom is -0.295 e. The molecule has 70 valence electrons. The van der Waals surface area contributed by atoms with Crippen LogP contribution in [0.4, 0.5) is 0 Å². The molecule has 13 heavy (non-hydrogen) atoms. The lowest BCUT2D eigenvalue weighted by Gasteiger charge is -2.39. The number of fused-ring (bicyclic) bond motifs is 1. The van der Waals surface area contributed by atoms with Crippen LogP contribution in [0.3, 0.4) is 0 Å². The molecule has 1 fully saturated rings. The van der Waals surface area contributed by atoms with Crippen LogP contribution in [0.2, 0.25) is 0 Å². The molecule has 2 heteroatoms. The molecule has 1 aromatic rings. The quantitative estimate of drug-likeness (QED) is 0.663. The lowest BCUT2D eigenvalue weighted by molar-refractivity contribution is 0.115. The Morgan fingerprint density at radius 1 is 1.38 bits per heavy atom. The van der Waals surface area contributed by atoms with E-state index in [0.717, 1.165) is 6.04 Å². The molecule has 0 bridgehead atoms. The van der Waals surface area contributed by atoms with E-state index in [1.54, 1.807) is 10.4 Å². The van der Waals surface area contributed by atoms with Crippen molar-refractivity contribution in [3.05, 3.63) is 21.9 Å². The average molecular weight is 193 g/mol. The van der Waals surface area contributed by atoms with Crippen LogP contribution in [0.25, 0.3) is 0 Å². The van der Waals surface area contributed by atoms with E-state index in [0.29, 0.717) is 0 Å². The predicted molar refractivity (Wildman–Crippen MR) is 56.1 cm³/mol. The standard InChI is InChI=1S/C11H15NS/c1-2-10(3-1)12-6-4-9-5-7-13-11(9)8-12/h5,7,10H,1-4,6,8H2. The van der Waals surface area contributed by atoms with Gasteiger partial charge in [0.2, 0.25) is 0 Å². The van der Waals surface area contributed by atoms with Crippen LogP contribution in [0, 0.1) is 0 Å². The Labute approximate surface area is 83.4 Å². The van der Waals surface area contributed by atoms with Gasteiger partial charge in [0, 0.05) is 24.0 Å². The molecule has 0 saturated heterocycles. The summed E-state index contributed by atoms with van der Waals surface area (Å²) in [4.78, 5) is 4.31. The van der Waals surface area contributed by atoms with Gasteiger partial charge in [-0.1, -0.05) is 6.42 Å². The van der Waals surface area contributed by atoms with Crippen molar-refractivity contribution in [1.82, 2.24) is 4.90 Å². The van der Waals surface area contributed by atoms with E-state index in [4.69, 9.17) is 0 Å². The van der Waals surface area contributed by atoms with Gasteiger partial charge in [-0.3, -0.25) is 4.90 Å². The Bertz CT molecular complexity index is 301. The predicted octanol–water partition coefficient (Wildman–Crippen LogP) is 2.66. The van der Waals surface area contributed by atoms with Gasteiger partial charge in [0.05, 0.1) is 0 Å². The van der Waals surface area contributed by atoms with Gasteiger partial charge in [-0.05, 0) is 36.3 Å². The van der Waals surface area contributed by atoms with E-state index in [9.17, 15) is 0 Å². The molecule has 0 unspecified atom stereocenters. The van der Waals surface area contributed by atoms with Crippen LogP contribution in [0.1, 0.15) is 29.7 Å². The maximum atomic E-state index is 2.68. The molecule has 1 nitrogen and oxygen atoms in total. The second-order valence-corrected chi connectivity index (χ2v) is 5.17. The second-order valence-electron chi connectivity index (χ2n) is 4.17. The Balaban J connectivity index is 1.76. The third kappa shape index (κ3) is 1.32. The monoisotopic (exact) mass is 193 g/mol. The van der Waals surface area contributed by atoms with Gasteiger partial charge in [0.1, 0.15) is 0 Å². The highest BCUT2D eigenvalue weighted by atomic mass is 32.1. The van der Waals surface area contributed by atoms with Gasteiger partial charge in [-0.25, -0.2) is 0 Å². The van der Waals surface area contributed by atoms with Crippen LogP contribution in [0.5, 0.6) is 0 Å². The van der Waals surface area contributed by atoms with E-state index in [1.165, 1.54) is 38.8 Å². The van der Waals surface area contributed by atoms with Gasteiger partial charge < -0.3 is 0 Å². The SMILES string of the molecule is c1cc2c(s1)CN(C1CCC1)CC2. The third-order valence-corrected chi connectivity index (χ3v) is 4.39. The van der Waals surface area contributed by atoms with Crippen LogP contribution in [-0.2, 0) is 13.0 Å². The fourth-order valence-electron chi connectivity index (χ4n) is 2.32. The van der Waals surface area contributed by atoms with Crippen molar-refractivity contribution in [1.29, 1.82) is 0 Å². The number of hydrogen-bond acceptors (Lipinski definition) is 2. The van der Waals surface area contributed by atoms with Crippen molar-refractivity contribution in [3.8, 4) is 0 Å². The number of thiophene rings is 1. The van der Waals surface area contributed by atoms with Crippen molar-refractivity contribution in [3.63, 3.8) is 0 Å². The molecular weight excluding hydrogens is 178 g/mol. The van der Waals surface area contributed by atoms with E-state index < -0.39 is 0 Å². The fraction of sp³-hybridized carbons (Fsp3) is 0.636. The van der Waals surface area contributed by atoms with Crippen LogP contribution in [-0.4, -0.2) is 17.5 Å². The number of hydrogen-bond donors (Lipinski definition) is 0. The summed E-state index contributed by atoms with van der Waals surface area (Å²) in [6.07, 6.45) is 5.63. The van der Waals surface area contributed by atoms with Crippen molar-refractivity contribution >= 4 is 11.3 Å². The van der Waals surface area contributed by atoms with E-state index in [2.05, 4.69) is 16.3 Å². The molecule has 1 aliphatic carbocycles. The Morgan fingerprint density at radius 3 is 3.08 bits per heavy atom. The molecular formula is C11H15NS. The highest BCUT2D eigenvalue weighted by Crippen LogP contribution is 2.31. The third-order valence-electron chi connectivity index (χ3n) is 3.44. The summed E-state index contributed by atoms with van der Waals surface area (Å²) < 4.78 is 0. The Morgan fingerprint density at radius 2 is 2.31 bits per heavy atom. The number of nitrogens with zero attached hydrogens (tertiary/aromatic N) is 1. The topological polar surface area (TPSA) is 3.24 Å². The molecule has 0 radical (unpaired) electrons. The van der Waals surface area contributed by atoms with E-state index >= 15 is 0 Å². The largest absolute Gasteiger partial charge is 0.295 e. The molecule has 2 aliphatic rings. The zero-order valence-electron chi connectivity index (χ0n) is 7.83. The molecule has 0 spiro atoms. The van der Waals surface area contributed by atoms with Crippen molar-refractivity contribution in [2.45, 2.75) is 38.3 Å². The van der Waals surface area contributed by atoms with Crippen LogP contribution >= 0.6 is 11.3 Å². The molecule has 3 rings (SSSR count). The summed E-state index contributed by atoms with van der Waals surface area (Å²) in [7, 11) is 0. The number of rotatable bonds is 1. The molecule has 0 amide bonds. The maximum Gasteiger partial charge on any atom is 0.0333 e. The minimum atomic E-state index is 0.926. The Kier molecular flexibility index (Phi) is 1.91. The first-order chi connectivity index (χ1) is 6.43. The zero-order chi connectivity index (χ0) is 8.67. The van der Waals surface area contributed by atoms with Gasteiger partial charge in [0.15, 0.2) is 0 Å². The minimum absolute atomic E-state index is 0.926. The van der Waals surface area contributed by atoms with Gasteiger partial charge in [-0.15, -0.1) is 11.3 Å². The highest BCUT2D eigenvalue weighted by molar-refractivity contribution is 7.10. The van der Waals surface area contributed by atoms with Crippen molar-refractivity contribution < 1.29 is 0 Å². The fourth-order valence-corrected chi connectivity index (χ4v) is 3.28. The summed E-state index contributed by atoms with van der Waals surface area (Å²) in [6, 6.07) is 3.23. The molecule has 1 saturated carbocycles. The van der Waals surface area contributed by atoms with Crippen LogP contribution in [0.15, 0.2) is 11.4 Å². The lowest BCUT2D eigenvalue weighted by atomic mass is 9.90. The molecule has 1 aromatic heterocycles.